The summed E-state index contributed by atoms with van der Waals surface area (Å²) >= 11 is 0. The van der Waals surface area contributed by atoms with Crippen molar-refractivity contribution < 1.29 is 21.6 Å². The van der Waals surface area contributed by atoms with E-state index >= 15 is 0 Å². The molecule has 0 fully saturated rings. The standard InChI is InChI=1S/C24H20F2N6O3S/c25-17-7-5-16(6-8-17)21-22(32-13-14-35-24(32)31-21)20-9-12-28-23(30-20)27-10-2-11-29-36(33,34)19-4-1-3-18(26)15-19/h1,3-9,12-15,29H,2,10-11H2,(H,27,28,30). The van der Waals surface area contributed by atoms with Crippen molar-refractivity contribution in [3.8, 4) is 22.6 Å². The van der Waals surface area contributed by atoms with Gasteiger partial charge in [0.25, 0.3) is 0 Å². The second kappa shape index (κ2) is 9.84. The molecule has 2 aromatic carbocycles. The molecule has 0 aliphatic rings. The Kier molecular flexibility index (Phi) is 6.44. The smallest absolute Gasteiger partial charge is 0.306 e. The van der Waals surface area contributed by atoms with Gasteiger partial charge in [-0.3, -0.25) is 4.40 Å². The molecule has 36 heavy (non-hydrogen) atoms. The third kappa shape index (κ3) is 4.95. The first-order valence-corrected chi connectivity index (χ1v) is 12.4. The number of benzene rings is 2. The Balaban J connectivity index is 1.28. The molecule has 3 heterocycles. The Hall–Kier alpha value is -4.16. The molecule has 0 amide bonds. The largest absolute Gasteiger partial charge is 0.432 e. The molecule has 184 valence electrons. The Bertz CT molecular complexity index is 1620. The van der Waals surface area contributed by atoms with Gasteiger partial charge in [0.05, 0.1) is 10.6 Å². The summed E-state index contributed by atoms with van der Waals surface area (Å²) in [6.45, 7) is 0.520. The molecule has 12 heteroatoms. The van der Waals surface area contributed by atoms with Gasteiger partial charge in [0, 0.05) is 31.0 Å². The zero-order chi connectivity index (χ0) is 25.1. The lowest BCUT2D eigenvalue weighted by molar-refractivity contribution is 0.576. The fourth-order valence-corrected chi connectivity index (χ4v) is 4.73. The molecule has 0 bridgehead atoms. The number of halogens is 2. The van der Waals surface area contributed by atoms with E-state index in [2.05, 4.69) is 25.0 Å². The van der Waals surface area contributed by atoms with Crippen LogP contribution in [0.15, 0.2) is 82.6 Å². The van der Waals surface area contributed by atoms with Crippen molar-refractivity contribution in [1.29, 1.82) is 0 Å². The summed E-state index contributed by atoms with van der Waals surface area (Å²) in [7, 11) is -3.80. The number of anilines is 1. The maximum Gasteiger partial charge on any atom is 0.306 e. The summed E-state index contributed by atoms with van der Waals surface area (Å²) in [6.07, 6.45) is 5.24. The van der Waals surface area contributed by atoms with Crippen molar-refractivity contribution in [2.75, 3.05) is 18.4 Å². The SMILES string of the molecule is O=S(=O)(NCCCNc1nccc(-c2c(-c3ccc(F)cc3)nc3occn23)n1)c1cccc(F)c1. The summed E-state index contributed by atoms with van der Waals surface area (Å²) < 4.78 is 61.0. The van der Waals surface area contributed by atoms with Crippen LogP contribution in [-0.2, 0) is 10.0 Å². The molecular weight excluding hydrogens is 490 g/mol. The number of imidazole rings is 1. The quantitative estimate of drug-likeness (QED) is 0.287. The first kappa shape index (κ1) is 23.6. The van der Waals surface area contributed by atoms with Crippen molar-refractivity contribution in [2.45, 2.75) is 11.3 Å². The van der Waals surface area contributed by atoms with E-state index in [1.807, 2.05) is 0 Å². The van der Waals surface area contributed by atoms with Crippen LogP contribution in [0.2, 0.25) is 0 Å². The van der Waals surface area contributed by atoms with Crippen LogP contribution < -0.4 is 10.0 Å². The number of oxazole rings is 1. The number of aromatic nitrogens is 4. The predicted molar refractivity (Wildman–Crippen MR) is 129 cm³/mol. The average Bonchev–Trinajstić information content (AvgIpc) is 3.46. The van der Waals surface area contributed by atoms with Gasteiger partial charge in [0.1, 0.15) is 29.3 Å². The first-order chi connectivity index (χ1) is 17.4. The van der Waals surface area contributed by atoms with Crippen molar-refractivity contribution in [3.05, 3.63) is 84.9 Å². The third-order valence-corrected chi connectivity index (χ3v) is 6.77. The van der Waals surface area contributed by atoms with E-state index in [0.29, 0.717) is 47.4 Å². The molecule has 0 atom stereocenters. The molecule has 0 saturated heterocycles. The zero-order valence-corrected chi connectivity index (χ0v) is 19.5. The number of hydrogen-bond donors (Lipinski definition) is 2. The molecule has 0 saturated carbocycles. The Morgan fingerprint density at radius 1 is 0.972 bits per heavy atom. The molecule has 5 aromatic rings. The van der Waals surface area contributed by atoms with Gasteiger partial charge in [0.2, 0.25) is 16.0 Å². The number of rotatable bonds is 9. The highest BCUT2D eigenvalue weighted by Crippen LogP contribution is 2.32. The lowest BCUT2D eigenvalue weighted by Crippen LogP contribution is -2.26. The molecule has 5 rings (SSSR count). The van der Waals surface area contributed by atoms with E-state index in [1.165, 1.54) is 36.6 Å². The summed E-state index contributed by atoms with van der Waals surface area (Å²) in [5.74, 6) is -0.271. The molecule has 0 spiro atoms. The van der Waals surface area contributed by atoms with E-state index in [9.17, 15) is 17.2 Å². The van der Waals surface area contributed by atoms with Gasteiger partial charge in [-0.25, -0.2) is 31.9 Å². The van der Waals surface area contributed by atoms with Gasteiger partial charge in [0.15, 0.2) is 0 Å². The second-order valence-corrected chi connectivity index (χ2v) is 9.54. The van der Waals surface area contributed by atoms with Crippen molar-refractivity contribution in [2.24, 2.45) is 0 Å². The fourth-order valence-electron chi connectivity index (χ4n) is 3.63. The van der Waals surface area contributed by atoms with Crippen molar-refractivity contribution >= 4 is 21.8 Å². The van der Waals surface area contributed by atoms with Crippen LogP contribution >= 0.6 is 0 Å². The van der Waals surface area contributed by atoms with Crippen LogP contribution in [0.25, 0.3) is 28.5 Å². The molecule has 9 nitrogen and oxygen atoms in total. The molecule has 0 aliphatic heterocycles. The third-order valence-electron chi connectivity index (χ3n) is 5.31. The van der Waals surface area contributed by atoms with Crippen LogP contribution in [0.5, 0.6) is 0 Å². The summed E-state index contributed by atoms with van der Waals surface area (Å²) in [5.41, 5.74) is 2.49. The monoisotopic (exact) mass is 510 g/mol. The van der Waals surface area contributed by atoms with E-state index in [4.69, 9.17) is 4.42 Å². The highest BCUT2D eigenvalue weighted by molar-refractivity contribution is 7.89. The summed E-state index contributed by atoms with van der Waals surface area (Å²) in [4.78, 5) is 13.2. The minimum Gasteiger partial charge on any atom is -0.432 e. The number of sulfonamides is 1. The molecular formula is C24H20F2N6O3S. The van der Waals surface area contributed by atoms with Crippen LogP contribution in [0, 0.1) is 11.6 Å². The van der Waals surface area contributed by atoms with E-state index < -0.39 is 15.8 Å². The zero-order valence-electron chi connectivity index (χ0n) is 18.7. The highest BCUT2D eigenvalue weighted by Gasteiger charge is 2.19. The number of hydrogen-bond acceptors (Lipinski definition) is 7. The van der Waals surface area contributed by atoms with Gasteiger partial charge in [-0.05, 0) is 55.0 Å². The van der Waals surface area contributed by atoms with Gasteiger partial charge in [-0.2, -0.15) is 4.98 Å². The highest BCUT2D eigenvalue weighted by atomic mass is 32.2. The molecule has 0 unspecified atom stereocenters. The first-order valence-electron chi connectivity index (χ1n) is 10.9. The molecule has 0 radical (unpaired) electrons. The Morgan fingerprint density at radius 2 is 1.81 bits per heavy atom. The predicted octanol–water partition coefficient (Wildman–Crippen LogP) is 4.11. The van der Waals surface area contributed by atoms with Gasteiger partial charge >= 0.3 is 5.84 Å². The minimum absolute atomic E-state index is 0.130. The number of fused-ring (bicyclic) bond motifs is 1. The maximum atomic E-state index is 13.4. The van der Waals surface area contributed by atoms with Gasteiger partial charge in [-0.15, -0.1) is 0 Å². The molecule has 3 aromatic heterocycles. The van der Waals surface area contributed by atoms with Crippen LogP contribution in [0.4, 0.5) is 14.7 Å². The number of nitrogens with one attached hydrogen (secondary N) is 2. The van der Waals surface area contributed by atoms with Crippen molar-refractivity contribution in [3.63, 3.8) is 0 Å². The van der Waals surface area contributed by atoms with Crippen LogP contribution in [0.3, 0.4) is 0 Å². The summed E-state index contributed by atoms with van der Waals surface area (Å²) in [6, 6.07) is 12.5. The van der Waals surface area contributed by atoms with Gasteiger partial charge < -0.3 is 9.73 Å². The Morgan fingerprint density at radius 3 is 2.61 bits per heavy atom. The summed E-state index contributed by atoms with van der Waals surface area (Å²) in [5, 5.41) is 3.07. The maximum absolute atomic E-state index is 13.4. The molecule has 0 aliphatic carbocycles. The minimum atomic E-state index is -3.80. The molecule has 2 N–H and O–H groups in total. The van der Waals surface area contributed by atoms with E-state index in [0.717, 1.165) is 6.07 Å². The van der Waals surface area contributed by atoms with Crippen LogP contribution in [0.1, 0.15) is 6.42 Å². The fraction of sp³-hybridized carbons (Fsp3) is 0.125. The number of nitrogens with zero attached hydrogens (tertiary/aromatic N) is 4. The van der Waals surface area contributed by atoms with E-state index in [-0.39, 0.29) is 17.3 Å². The lowest BCUT2D eigenvalue weighted by Gasteiger charge is -2.09. The Labute approximate surface area is 204 Å². The lowest BCUT2D eigenvalue weighted by atomic mass is 10.1. The average molecular weight is 511 g/mol. The second-order valence-electron chi connectivity index (χ2n) is 7.77. The van der Waals surface area contributed by atoms with E-state index in [1.54, 1.807) is 35.0 Å². The normalized spacial score (nSPS) is 11.7. The van der Waals surface area contributed by atoms with Crippen LogP contribution in [-0.4, -0.2) is 40.9 Å². The topological polar surface area (TPSA) is 114 Å². The van der Waals surface area contributed by atoms with Crippen molar-refractivity contribution in [1.82, 2.24) is 24.1 Å². The van der Waals surface area contributed by atoms with Gasteiger partial charge in [-0.1, -0.05) is 6.07 Å².